The third kappa shape index (κ3) is 4.57. The van der Waals surface area contributed by atoms with Crippen molar-refractivity contribution >= 4 is 30.4 Å². The first-order valence-corrected chi connectivity index (χ1v) is 11.8. The van der Waals surface area contributed by atoms with Crippen LogP contribution in [0.3, 0.4) is 0 Å². The predicted molar refractivity (Wildman–Crippen MR) is 129 cm³/mol. The lowest BCUT2D eigenvalue weighted by atomic mass is 10.00. The molecule has 4 rings (SSSR count). The van der Waals surface area contributed by atoms with Crippen molar-refractivity contribution < 1.29 is 0 Å². The lowest BCUT2D eigenvalue weighted by Gasteiger charge is -2.27. The highest BCUT2D eigenvalue weighted by Gasteiger charge is 2.23. The average molecular weight is 398 g/mol. The molecule has 29 heavy (non-hydrogen) atoms. The molecule has 2 heteroatoms. The first-order chi connectivity index (χ1) is 14.2. The Kier molecular flexibility index (Phi) is 6.37. The van der Waals surface area contributed by atoms with Gasteiger partial charge in [-0.15, -0.1) is 0 Å². The summed E-state index contributed by atoms with van der Waals surface area (Å²) < 4.78 is 0. The molecule has 0 saturated heterocycles. The Morgan fingerprint density at radius 3 is 1.83 bits per heavy atom. The van der Waals surface area contributed by atoms with Crippen LogP contribution in [0.4, 0.5) is 5.69 Å². The number of rotatable bonds is 5. The van der Waals surface area contributed by atoms with Gasteiger partial charge in [0, 0.05) is 6.21 Å². The van der Waals surface area contributed by atoms with Crippen LogP contribution in [0.1, 0.15) is 36.8 Å². The first kappa shape index (κ1) is 19.8. The number of hydrogen-bond donors (Lipinski definition) is 0. The van der Waals surface area contributed by atoms with E-state index < -0.39 is 7.92 Å². The van der Waals surface area contributed by atoms with Crippen LogP contribution in [0.2, 0.25) is 0 Å². The van der Waals surface area contributed by atoms with E-state index in [2.05, 4.69) is 98.9 Å². The molecule has 0 fully saturated rings. The quantitative estimate of drug-likeness (QED) is 0.326. The second-order valence-electron chi connectivity index (χ2n) is 7.68. The van der Waals surface area contributed by atoms with Gasteiger partial charge in [-0.1, -0.05) is 78.9 Å². The van der Waals surface area contributed by atoms with Gasteiger partial charge in [0.15, 0.2) is 0 Å². The molecule has 0 spiro atoms. The molecule has 1 aliphatic carbocycles. The van der Waals surface area contributed by atoms with E-state index in [1.807, 2.05) is 0 Å². The summed E-state index contributed by atoms with van der Waals surface area (Å²) in [6.45, 7) is 4.30. The molecule has 0 saturated carbocycles. The molecular weight excluding hydrogens is 369 g/mol. The molecule has 1 aliphatic rings. The number of para-hydroxylation sites is 1. The van der Waals surface area contributed by atoms with Crippen LogP contribution in [0, 0.1) is 13.8 Å². The summed E-state index contributed by atoms with van der Waals surface area (Å²) in [7, 11) is -0.516. The van der Waals surface area contributed by atoms with E-state index in [1.54, 1.807) is 5.31 Å². The van der Waals surface area contributed by atoms with Crippen LogP contribution in [-0.4, -0.2) is 6.21 Å². The minimum atomic E-state index is -0.516. The van der Waals surface area contributed by atoms with Crippen LogP contribution in [-0.2, 0) is 0 Å². The summed E-state index contributed by atoms with van der Waals surface area (Å²) in [5.74, 6) is 0. The third-order valence-corrected chi connectivity index (χ3v) is 8.25. The fourth-order valence-corrected chi connectivity index (χ4v) is 6.77. The van der Waals surface area contributed by atoms with E-state index in [9.17, 15) is 0 Å². The molecule has 0 aromatic heterocycles. The summed E-state index contributed by atoms with van der Waals surface area (Å²) >= 11 is 0. The van der Waals surface area contributed by atoms with Crippen molar-refractivity contribution in [3.63, 3.8) is 0 Å². The first-order valence-electron chi connectivity index (χ1n) is 10.5. The van der Waals surface area contributed by atoms with Gasteiger partial charge in [-0.25, -0.2) is 0 Å². The Bertz CT molecular complexity index is 959. The zero-order valence-corrected chi connectivity index (χ0v) is 18.2. The summed E-state index contributed by atoms with van der Waals surface area (Å²) in [5.41, 5.74) is 5.05. The SMILES string of the molecule is Cc1cccc(C)c1N=CC1=C(P(c2ccccc2)c2ccccc2)CCCC1. The maximum atomic E-state index is 4.98. The van der Waals surface area contributed by atoms with Crippen LogP contribution in [0.5, 0.6) is 0 Å². The largest absolute Gasteiger partial charge is 0.256 e. The Hall–Kier alpha value is -2.50. The monoisotopic (exact) mass is 397 g/mol. The molecule has 0 heterocycles. The normalized spacial score (nSPS) is 14.7. The number of benzene rings is 3. The number of nitrogens with zero attached hydrogens (tertiary/aromatic N) is 1. The van der Waals surface area contributed by atoms with Crippen molar-refractivity contribution in [2.24, 2.45) is 4.99 Å². The molecule has 0 amide bonds. The van der Waals surface area contributed by atoms with Crippen LogP contribution >= 0.6 is 7.92 Å². The van der Waals surface area contributed by atoms with E-state index in [0.717, 1.165) is 12.1 Å². The van der Waals surface area contributed by atoms with E-state index in [4.69, 9.17) is 4.99 Å². The molecule has 1 nitrogen and oxygen atoms in total. The molecule has 0 unspecified atom stereocenters. The number of aryl methyl sites for hydroxylation is 2. The molecule has 146 valence electrons. The number of hydrogen-bond acceptors (Lipinski definition) is 1. The van der Waals surface area contributed by atoms with Crippen molar-refractivity contribution in [2.45, 2.75) is 39.5 Å². The van der Waals surface area contributed by atoms with Gasteiger partial charge in [-0.05, 0) is 80.1 Å². The second-order valence-corrected chi connectivity index (χ2v) is 9.93. The lowest BCUT2D eigenvalue weighted by molar-refractivity contribution is 0.711. The van der Waals surface area contributed by atoms with E-state index in [0.29, 0.717) is 0 Å². The molecule has 3 aromatic carbocycles. The van der Waals surface area contributed by atoms with Gasteiger partial charge in [0.05, 0.1) is 5.69 Å². The maximum Gasteiger partial charge on any atom is 0.0688 e. The topological polar surface area (TPSA) is 12.4 Å². The Morgan fingerprint density at radius 1 is 0.690 bits per heavy atom. The fraction of sp³-hybridized carbons (Fsp3) is 0.222. The van der Waals surface area contributed by atoms with Crippen molar-refractivity contribution in [3.05, 3.63) is 101 Å². The summed E-state index contributed by atoms with van der Waals surface area (Å²) in [6.07, 6.45) is 7.00. The Labute approximate surface area is 176 Å². The number of aliphatic imine (C=N–C) groups is 1. The second kappa shape index (κ2) is 9.33. The van der Waals surface area contributed by atoms with E-state index in [1.165, 1.54) is 46.6 Å². The zero-order chi connectivity index (χ0) is 20.1. The molecule has 0 aliphatic heterocycles. The van der Waals surface area contributed by atoms with Gasteiger partial charge in [0.2, 0.25) is 0 Å². The predicted octanol–water partition coefficient (Wildman–Crippen LogP) is 6.97. The van der Waals surface area contributed by atoms with Crippen molar-refractivity contribution in [2.75, 3.05) is 0 Å². The number of allylic oxidation sites excluding steroid dienone is 2. The molecule has 0 N–H and O–H groups in total. The van der Waals surface area contributed by atoms with Gasteiger partial charge in [-0.2, -0.15) is 0 Å². The van der Waals surface area contributed by atoms with Crippen molar-refractivity contribution in [1.29, 1.82) is 0 Å². The van der Waals surface area contributed by atoms with Crippen LogP contribution in [0.25, 0.3) is 0 Å². The van der Waals surface area contributed by atoms with Gasteiger partial charge in [0.1, 0.15) is 0 Å². The van der Waals surface area contributed by atoms with E-state index in [-0.39, 0.29) is 0 Å². The van der Waals surface area contributed by atoms with Crippen LogP contribution < -0.4 is 10.6 Å². The summed E-state index contributed by atoms with van der Waals surface area (Å²) in [4.78, 5) is 4.98. The van der Waals surface area contributed by atoms with Gasteiger partial charge < -0.3 is 0 Å². The maximum absolute atomic E-state index is 4.98. The molecule has 0 bridgehead atoms. The smallest absolute Gasteiger partial charge is 0.0688 e. The molecular formula is C27H28NP. The molecule has 3 aromatic rings. The Morgan fingerprint density at radius 2 is 1.24 bits per heavy atom. The Balaban J connectivity index is 1.81. The van der Waals surface area contributed by atoms with E-state index >= 15 is 0 Å². The lowest BCUT2D eigenvalue weighted by Crippen LogP contribution is -2.15. The molecule has 0 radical (unpaired) electrons. The van der Waals surface area contributed by atoms with Gasteiger partial charge in [0.25, 0.3) is 0 Å². The minimum Gasteiger partial charge on any atom is -0.256 e. The van der Waals surface area contributed by atoms with Gasteiger partial charge in [-0.3, -0.25) is 4.99 Å². The minimum absolute atomic E-state index is 0.516. The van der Waals surface area contributed by atoms with Crippen molar-refractivity contribution in [3.8, 4) is 0 Å². The summed E-state index contributed by atoms with van der Waals surface area (Å²) in [6, 6.07) is 28.5. The zero-order valence-electron chi connectivity index (χ0n) is 17.3. The van der Waals surface area contributed by atoms with Gasteiger partial charge >= 0.3 is 0 Å². The summed E-state index contributed by atoms with van der Waals surface area (Å²) in [5, 5.41) is 4.46. The van der Waals surface area contributed by atoms with Crippen LogP contribution in [0.15, 0.2) is 94.7 Å². The fourth-order valence-electron chi connectivity index (χ4n) is 4.07. The van der Waals surface area contributed by atoms with Crippen molar-refractivity contribution in [1.82, 2.24) is 0 Å². The third-order valence-electron chi connectivity index (χ3n) is 5.57. The highest BCUT2D eigenvalue weighted by Crippen LogP contribution is 2.49. The highest BCUT2D eigenvalue weighted by molar-refractivity contribution is 7.76. The molecule has 0 atom stereocenters. The standard InChI is InChI=1S/C27H28NP/c1-21-12-11-13-22(2)27(21)28-20-23-14-9-10-19-26(23)29(24-15-5-3-6-16-24)25-17-7-4-8-18-25/h3-8,11-13,15-18,20H,9-10,14,19H2,1-2H3. The average Bonchev–Trinajstić information content (AvgIpc) is 2.76. The highest BCUT2D eigenvalue weighted by atomic mass is 31.1.